The number of aryl methyl sites for hydroxylation is 3. The topological polar surface area (TPSA) is 60.7 Å². The predicted octanol–water partition coefficient (Wildman–Crippen LogP) is 12.0. The van der Waals surface area contributed by atoms with E-state index in [1.54, 1.807) is 0 Å². The number of aromatic nitrogens is 1. The number of carbonyl (C=O) groups is 2. The predicted molar refractivity (Wildman–Crippen MR) is 210 cm³/mol. The monoisotopic (exact) mass is 672 g/mol. The normalized spacial score (nSPS) is 13.7. The molecule has 0 fully saturated rings. The summed E-state index contributed by atoms with van der Waals surface area (Å²) in [6.07, 6.45) is 6.36. The quantitative estimate of drug-likeness (QED) is 0.0541. The smallest absolute Gasteiger partial charge is 0.331 e. The lowest BCUT2D eigenvalue weighted by Crippen LogP contribution is -2.15. The van der Waals surface area contributed by atoms with Crippen LogP contribution in [0.5, 0.6) is 0 Å². The number of nitrogens with zero attached hydrogens (tertiary/aromatic N) is 2. The standard InChI is InChI=1S/C45H56N2O3/c1-11-13-16-33(12-2)27-47-41-20-19-34(40(46-50-32(7)48)23-29(4)26-45(8,9)10)24-37(41)38-25-39(35-17-14-15-18-36(35)43(38)47)44(49)42-30(5)21-28(3)22-31(42)6/h14-15,17-22,24-25,29,33H,11-13,16,23,26-27H2,1-10H3/b46-40-. The Bertz CT molecular complexity index is 2050. The lowest BCUT2D eigenvalue weighted by molar-refractivity contribution is -0.140. The Labute approximate surface area is 299 Å². The summed E-state index contributed by atoms with van der Waals surface area (Å²) in [5, 5.41) is 8.63. The highest BCUT2D eigenvalue weighted by Crippen LogP contribution is 2.39. The van der Waals surface area contributed by atoms with Crippen LogP contribution in [-0.2, 0) is 16.2 Å². The fourth-order valence-corrected chi connectivity index (χ4v) is 8.14. The van der Waals surface area contributed by atoms with E-state index in [1.807, 2.05) is 19.9 Å². The van der Waals surface area contributed by atoms with Gasteiger partial charge in [0.05, 0.1) is 11.2 Å². The first kappa shape index (κ1) is 37.0. The van der Waals surface area contributed by atoms with Crippen LogP contribution in [0.1, 0.15) is 125 Å². The summed E-state index contributed by atoms with van der Waals surface area (Å²) in [5.74, 6) is 0.486. The Kier molecular flexibility index (Phi) is 11.3. The van der Waals surface area contributed by atoms with Gasteiger partial charge in [-0.05, 0) is 92.0 Å². The average Bonchev–Trinajstić information content (AvgIpc) is 3.35. The molecule has 4 aromatic carbocycles. The first-order valence-corrected chi connectivity index (χ1v) is 18.6. The Morgan fingerprint density at radius 2 is 1.56 bits per heavy atom. The molecule has 264 valence electrons. The second-order valence-corrected chi connectivity index (χ2v) is 15.9. The van der Waals surface area contributed by atoms with E-state index in [4.69, 9.17) is 4.84 Å². The van der Waals surface area contributed by atoms with E-state index in [1.165, 1.54) is 26.2 Å². The molecule has 2 unspecified atom stereocenters. The molecule has 5 aromatic rings. The Hall–Kier alpha value is -4.25. The van der Waals surface area contributed by atoms with Crippen LogP contribution in [0.4, 0.5) is 0 Å². The van der Waals surface area contributed by atoms with Gasteiger partial charge in [-0.2, -0.15) is 0 Å². The maximum Gasteiger partial charge on any atom is 0.331 e. The van der Waals surface area contributed by atoms with Gasteiger partial charge < -0.3 is 9.40 Å². The Morgan fingerprint density at radius 3 is 2.18 bits per heavy atom. The molecule has 0 spiro atoms. The maximum atomic E-state index is 14.6. The molecule has 5 rings (SSSR count). The summed E-state index contributed by atoms with van der Waals surface area (Å²) in [7, 11) is 0. The summed E-state index contributed by atoms with van der Waals surface area (Å²) >= 11 is 0. The van der Waals surface area contributed by atoms with Crippen molar-refractivity contribution in [1.29, 1.82) is 0 Å². The lowest BCUT2D eigenvalue weighted by atomic mass is 9.82. The molecule has 0 saturated carbocycles. The third kappa shape index (κ3) is 8.04. The van der Waals surface area contributed by atoms with E-state index >= 15 is 0 Å². The molecule has 0 radical (unpaired) electrons. The maximum absolute atomic E-state index is 14.6. The number of ketones is 1. The van der Waals surface area contributed by atoms with E-state index in [0.717, 1.165) is 91.1 Å². The minimum Gasteiger partial charge on any atom is -0.340 e. The van der Waals surface area contributed by atoms with Crippen molar-refractivity contribution in [2.24, 2.45) is 22.4 Å². The number of fused-ring (bicyclic) bond motifs is 5. The molecule has 0 saturated heterocycles. The molecule has 0 amide bonds. The second kappa shape index (κ2) is 15.3. The van der Waals surface area contributed by atoms with Crippen LogP contribution in [0.25, 0.3) is 32.6 Å². The summed E-state index contributed by atoms with van der Waals surface area (Å²) < 4.78 is 2.50. The van der Waals surface area contributed by atoms with Gasteiger partial charge in [-0.15, -0.1) is 0 Å². The van der Waals surface area contributed by atoms with E-state index < -0.39 is 5.97 Å². The Morgan fingerprint density at radius 1 is 0.880 bits per heavy atom. The first-order chi connectivity index (χ1) is 23.7. The molecular formula is C45H56N2O3. The molecule has 0 aliphatic carbocycles. The third-order valence-corrected chi connectivity index (χ3v) is 10.1. The molecule has 1 heterocycles. The minimum atomic E-state index is -0.433. The van der Waals surface area contributed by atoms with Gasteiger partial charge in [0.25, 0.3) is 0 Å². The van der Waals surface area contributed by atoms with Gasteiger partial charge in [-0.25, -0.2) is 4.79 Å². The van der Waals surface area contributed by atoms with Gasteiger partial charge in [-0.3, -0.25) is 4.79 Å². The summed E-state index contributed by atoms with van der Waals surface area (Å²) in [5.41, 5.74) is 8.82. The van der Waals surface area contributed by atoms with Crippen molar-refractivity contribution in [2.75, 3.05) is 0 Å². The molecule has 5 heteroatoms. The summed E-state index contributed by atoms with van der Waals surface area (Å²) in [4.78, 5) is 31.8. The number of carbonyl (C=O) groups excluding carboxylic acids is 2. The molecule has 0 bridgehead atoms. The zero-order chi connectivity index (χ0) is 36.3. The highest BCUT2D eigenvalue weighted by Gasteiger charge is 2.24. The number of rotatable bonds is 13. The second-order valence-electron chi connectivity index (χ2n) is 15.9. The van der Waals surface area contributed by atoms with Crippen LogP contribution in [0.2, 0.25) is 0 Å². The highest BCUT2D eigenvalue weighted by molar-refractivity contribution is 6.26. The summed E-state index contributed by atoms with van der Waals surface area (Å²) in [6, 6.07) is 21.3. The number of hydrogen-bond donors (Lipinski definition) is 0. The van der Waals surface area contributed by atoms with Crippen molar-refractivity contribution in [3.8, 4) is 0 Å². The van der Waals surface area contributed by atoms with E-state index in [9.17, 15) is 9.59 Å². The zero-order valence-corrected chi connectivity index (χ0v) is 32.0. The van der Waals surface area contributed by atoms with Gasteiger partial charge in [0.15, 0.2) is 5.78 Å². The van der Waals surface area contributed by atoms with E-state index in [-0.39, 0.29) is 11.2 Å². The molecule has 50 heavy (non-hydrogen) atoms. The van der Waals surface area contributed by atoms with Crippen LogP contribution in [0, 0.1) is 38.0 Å². The van der Waals surface area contributed by atoms with Crippen molar-refractivity contribution >= 4 is 50.0 Å². The van der Waals surface area contributed by atoms with Crippen LogP contribution < -0.4 is 0 Å². The van der Waals surface area contributed by atoms with Crippen molar-refractivity contribution < 1.29 is 14.4 Å². The molecule has 1 aromatic heterocycles. The van der Waals surface area contributed by atoms with Crippen LogP contribution in [0.3, 0.4) is 0 Å². The number of hydrogen-bond acceptors (Lipinski definition) is 4. The highest BCUT2D eigenvalue weighted by atomic mass is 16.7. The van der Waals surface area contributed by atoms with Gasteiger partial charge in [0, 0.05) is 51.8 Å². The first-order valence-electron chi connectivity index (χ1n) is 18.6. The van der Waals surface area contributed by atoms with Gasteiger partial charge in [0.2, 0.25) is 0 Å². The van der Waals surface area contributed by atoms with Gasteiger partial charge >= 0.3 is 5.97 Å². The SMILES string of the molecule is CCCCC(CC)Cn1c2ccc(/C(CC(C)CC(C)(C)C)=N\OC(C)=O)cc2c2cc(C(=O)c3c(C)cc(C)cc3C)c3ccccc3c21. The molecule has 2 atom stereocenters. The minimum absolute atomic E-state index is 0.0534. The largest absolute Gasteiger partial charge is 0.340 e. The van der Waals surface area contributed by atoms with E-state index in [0.29, 0.717) is 18.3 Å². The number of benzene rings is 4. The summed E-state index contributed by atoms with van der Waals surface area (Å²) in [6.45, 7) is 22.0. The number of unbranched alkanes of at least 4 members (excludes halogenated alkanes) is 1. The zero-order valence-electron chi connectivity index (χ0n) is 32.0. The van der Waals surface area contributed by atoms with E-state index in [2.05, 4.69) is 113 Å². The average molecular weight is 673 g/mol. The lowest BCUT2D eigenvalue weighted by Gasteiger charge is -2.23. The van der Waals surface area contributed by atoms with Crippen LogP contribution >= 0.6 is 0 Å². The van der Waals surface area contributed by atoms with Gasteiger partial charge in [0.1, 0.15) is 0 Å². The molecular weight excluding hydrogens is 617 g/mol. The van der Waals surface area contributed by atoms with Crippen LogP contribution in [-0.4, -0.2) is 22.0 Å². The van der Waals surface area contributed by atoms with Crippen molar-refractivity contribution in [3.05, 3.63) is 94.0 Å². The van der Waals surface area contributed by atoms with Gasteiger partial charge in [-0.1, -0.05) is 114 Å². The molecule has 5 nitrogen and oxygen atoms in total. The fourth-order valence-electron chi connectivity index (χ4n) is 8.14. The Balaban J connectivity index is 1.80. The molecule has 0 N–H and O–H groups in total. The van der Waals surface area contributed by atoms with Crippen molar-refractivity contribution in [1.82, 2.24) is 4.57 Å². The van der Waals surface area contributed by atoms with Crippen molar-refractivity contribution in [2.45, 2.75) is 114 Å². The fraction of sp³-hybridized carbons (Fsp3) is 0.444. The van der Waals surface area contributed by atoms with Crippen molar-refractivity contribution in [3.63, 3.8) is 0 Å². The molecule has 0 aliphatic heterocycles. The van der Waals surface area contributed by atoms with Crippen LogP contribution in [0.15, 0.2) is 65.8 Å². The number of oxime groups is 1. The molecule has 0 aliphatic rings. The third-order valence-electron chi connectivity index (χ3n) is 10.1.